The molecule has 200 valence electrons. The molecule has 0 unspecified atom stereocenters. The number of hydrogen-bond donors (Lipinski definition) is 4. The van der Waals surface area contributed by atoms with Gasteiger partial charge in [-0.3, -0.25) is 24.0 Å². The quantitative estimate of drug-likeness (QED) is 0.248. The minimum Gasteiger partial charge on any atom is -0.462 e. The van der Waals surface area contributed by atoms with Crippen LogP contribution in [0.25, 0.3) is 22.1 Å². The van der Waals surface area contributed by atoms with E-state index in [-0.39, 0.29) is 42.3 Å². The Balaban J connectivity index is 1.20. The number of hydrogen-bond acceptors (Lipinski definition) is 8. The average molecular weight is 527 g/mol. The Morgan fingerprint density at radius 2 is 1.89 bits per heavy atom. The average Bonchev–Trinajstić information content (AvgIpc) is 3.49. The first-order chi connectivity index (χ1) is 18.2. The molecule has 3 aromatic heterocycles. The van der Waals surface area contributed by atoms with Crippen LogP contribution in [0.1, 0.15) is 23.0 Å². The van der Waals surface area contributed by atoms with Crippen molar-refractivity contribution in [2.24, 2.45) is 7.05 Å². The second-order valence-corrected chi connectivity index (χ2v) is 9.01. The van der Waals surface area contributed by atoms with Crippen molar-refractivity contribution in [1.82, 2.24) is 34.7 Å². The Morgan fingerprint density at radius 3 is 2.63 bits per heavy atom. The standard InChI is InChI=1S/C24H27FN8O5/c1-3-38-22(36)18-14-10-13(25)4-5-15(14)27-16(18)11-26-17(34)12-32-6-8-33(9-7-32)23-28-19-20(29-23)31(2)24(37)30-21(19)35/h4-5,10,27H,3,6-9,11-12H2,1-2H3,(H,26,34)(H,28,29)(H,30,35,37). The molecule has 0 radical (unpaired) electrons. The Kier molecular flexibility index (Phi) is 6.72. The van der Waals surface area contributed by atoms with Crippen molar-refractivity contribution in [3.8, 4) is 0 Å². The minimum atomic E-state index is -0.586. The first-order valence-corrected chi connectivity index (χ1v) is 12.2. The van der Waals surface area contributed by atoms with Crippen molar-refractivity contribution in [3.05, 3.63) is 56.1 Å². The van der Waals surface area contributed by atoms with Crippen molar-refractivity contribution in [2.75, 3.05) is 44.2 Å². The first kappa shape index (κ1) is 25.2. The van der Waals surface area contributed by atoms with Gasteiger partial charge in [0.25, 0.3) is 5.56 Å². The summed E-state index contributed by atoms with van der Waals surface area (Å²) < 4.78 is 20.2. The van der Waals surface area contributed by atoms with E-state index in [1.54, 1.807) is 6.92 Å². The fourth-order valence-electron chi connectivity index (χ4n) is 4.59. The summed E-state index contributed by atoms with van der Waals surface area (Å²) in [6.07, 6.45) is 0. The number of H-pyrrole nitrogens is 3. The third kappa shape index (κ3) is 4.77. The number of nitrogens with one attached hydrogen (secondary N) is 4. The lowest BCUT2D eigenvalue weighted by Gasteiger charge is -2.34. The zero-order chi connectivity index (χ0) is 27.0. The van der Waals surface area contributed by atoms with Crippen LogP contribution in [0.3, 0.4) is 0 Å². The van der Waals surface area contributed by atoms with Gasteiger partial charge in [0.05, 0.1) is 31.0 Å². The van der Waals surface area contributed by atoms with Gasteiger partial charge in [-0.1, -0.05) is 0 Å². The van der Waals surface area contributed by atoms with Crippen LogP contribution in [0.4, 0.5) is 10.3 Å². The highest BCUT2D eigenvalue weighted by atomic mass is 19.1. The molecule has 13 nitrogen and oxygen atoms in total. The maximum absolute atomic E-state index is 13.8. The summed E-state index contributed by atoms with van der Waals surface area (Å²) in [6.45, 7) is 4.30. The maximum atomic E-state index is 13.8. The lowest BCUT2D eigenvalue weighted by molar-refractivity contribution is -0.122. The molecule has 4 aromatic rings. The van der Waals surface area contributed by atoms with Crippen LogP contribution < -0.4 is 21.5 Å². The summed E-state index contributed by atoms with van der Waals surface area (Å²) in [6, 6.07) is 4.09. The van der Waals surface area contributed by atoms with E-state index in [2.05, 4.69) is 25.3 Å². The molecular formula is C24H27FN8O5. The van der Waals surface area contributed by atoms with Gasteiger partial charge in [0.2, 0.25) is 11.9 Å². The largest absolute Gasteiger partial charge is 0.462 e. The number of carbonyl (C=O) groups excluding carboxylic acids is 2. The van der Waals surface area contributed by atoms with Gasteiger partial charge in [0, 0.05) is 44.1 Å². The highest BCUT2D eigenvalue weighted by Gasteiger charge is 2.24. The highest BCUT2D eigenvalue weighted by Crippen LogP contribution is 2.24. The van der Waals surface area contributed by atoms with Crippen LogP contribution in [0.15, 0.2) is 27.8 Å². The number of imidazole rings is 1. The number of benzene rings is 1. The minimum absolute atomic E-state index is 0.0511. The molecule has 14 heteroatoms. The summed E-state index contributed by atoms with van der Waals surface area (Å²) in [4.78, 5) is 65.8. The number of rotatable bonds is 7. The van der Waals surface area contributed by atoms with Crippen LogP contribution in [0.5, 0.6) is 0 Å². The number of carbonyl (C=O) groups is 2. The van der Waals surface area contributed by atoms with Crippen LogP contribution in [0, 0.1) is 5.82 Å². The molecule has 0 spiro atoms. The van der Waals surface area contributed by atoms with Crippen molar-refractivity contribution in [3.63, 3.8) is 0 Å². The third-order valence-electron chi connectivity index (χ3n) is 6.56. The molecule has 0 aliphatic carbocycles. The molecule has 1 aromatic carbocycles. The van der Waals surface area contributed by atoms with E-state index in [9.17, 15) is 23.6 Å². The number of amides is 1. The van der Waals surface area contributed by atoms with E-state index in [0.717, 1.165) is 0 Å². The van der Waals surface area contributed by atoms with E-state index >= 15 is 0 Å². The maximum Gasteiger partial charge on any atom is 0.340 e. The number of aromatic amines is 3. The topological polar surface area (TPSA) is 161 Å². The SMILES string of the molecule is CCOC(=O)c1c(CNC(=O)CN2CCN(c3nc4c([nH]3)c(=O)[nH]c(=O)n4C)CC2)[nH]c2ccc(F)cc12. The fourth-order valence-corrected chi connectivity index (χ4v) is 4.59. The van der Waals surface area contributed by atoms with Gasteiger partial charge >= 0.3 is 11.7 Å². The third-order valence-corrected chi connectivity index (χ3v) is 6.56. The number of ether oxygens (including phenoxy) is 1. The van der Waals surface area contributed by atoms with Crippen molar-refractivity contribution >= 4 is 39.9 Å². The van der Waals surface area contributed by atoms with Crippen molar-refractivity contribution in [1.29, 1.82) is 0 Å². The number of nitrogens with zero attached hydrogens (tertiary/aromatic N) is 4. The predicted molar refractivity (Wildman–Crippen MR) is 137 cm³/mol. The molecule has 1 aliphatic heterocycles. The van der Waals surface area contributed by atoms with Crippen LogP contribution in [-0.2, 0) is 23.1 Å². The van der Waals surface area contributed by atoms with Gasteiger partial charge < -0.3 is 24.9 Å². The summed E-state index contributed by atoms with van der Waals surface area (Å²) in [5, 5.41) is 3.22. The van der Waals surface area contributed by atoms with Crippen molar-refractivity contribution < 1.29 is 18.7 Å². The molecule has 1 aliphatic rings. The molecule has 1 amide bonds. The molecule has 0 atom stereocenters. The number of aryl methyl sites for hydroxylation is 1. The van der Waals surface area contributed by atoms with Gasteiger partial charge in [0.1, 0.15) is 5.82 Å². The first-order valence-electron chi connectivity index (χ1n) is 12.2. The molecule has 4 N–H and O–H groups in total. The fraction of sp³-hybridized carbons (Fsp3) is 0.375. The van der Waals surface area contributed by atoms with Crippen LogP contribution in [-0.4, -0.2) is 80.6 Å². The van der Waals surface area contributed by atoms with E-state index in [4.69, 9.17) is 4.74 Å². The predicted octanol–water partition coefficient (Wildman–Crippen LogP) is 0.185. The summed E-state index contributed by atoms with van der Waals surface area (Å²) in [7, 11) is 1.53. The van der Waals surface area contributed by atoms with Gasteiger partial charge in [-0.15, -0.1) is 0 Å². The zero-order valence-electron chi connectivity index (χ0n) is 20.9. The molecule has 4 heterocycles. The monoisotopic (exact) mass is 526 g/mol. The Labute approximate surface area is 214 Å². The Hall–Kier alpha value is -4.46. The molecule has 0 saturated carbocycles. The summed E-state index contributed by atoms with van der Waals surface area (Å²) in [5.41, 5.74) is 0.661. The second kappa shape index (κ2) is 10.1. The van der Waals surface area contributed by atoms with Gasteiger partial charge in [-0.25, -0.2) is 14.0 Å². The van der Waals surface area contributed by atoms with Gasteiger partial charge in [0.15, 0.2) is 11.2 Å². The second-order valence-electron chi connectivity index (χ2n) is 9.01. The summed E-state index contributed by atoms with van der Waals surface area (Å²) >= 11 is 0. The van der Waals surface area contributed by atoms with Crippen LogP contribution >= 0.6 is 0 Å². The van der Waals surface area contributed by atoms with E-state index in [1.165, 1.54) is 29.8 Å². The number of aromatic nitrogens is 5. The van der Waals surface area contributed by atoms with Gasteiger partial charge in [-0.2, -0.15) is 4.98 Å². The van der Waals surface area contributed by atoms with E-state index in [1.807, 2.05) is 9.80 Å². The Bertz CT molecular complexity index is 1640. The number of esters is 1. The number of piperazine rings is 1. The smallest absolute Gasteiger partial charge is 0.340 e. The van der Waals surface area contributed by atoms with Gasteiger partial charge in [-0.05, 0) is 25.1 Å². The van der Waals surface area contributed by atoms with Crippen molar-refractivity contribution in [2.45, 2.75) is 13.5 Å². The summed E-state index contributed by atoms with van der Waals surface area (Å²) in [5.74, 6) is -0.812. The van der Waals surface area contributed by atoms with Crippen LogP contribution in [0.2, 0.25) is 0 Å². The molecular weight excluding hydrogens is 499 g/mol. The van der Waals surface area contributed by atoms with E-state index < -0.39 is 23.0 Å². The molecule has 5 rings (SSSR count). The Morgan fingerprint density at radius 1 is 1.13 bits per heavy atom. The molecule has 1 fully saturated rings. The lowest BCUT2D eigenvalue weighted by atomic mass is 10.1. The molecule has 0 bridgehead atoms. The highest BCUT2D eigenvalue weighted by molar-refractivity contribution is 6.05. The number of fused-ring (bicyclic) bond motifs is 2. The molecule has 1 saturated heterocycles. The number of halogens is 1. The lowest BCUT2D eigenvalue weighted by Crippen LogP contribution is -2.49. The zero-order valence-corrected chi connectivity index (χ0v) is 20.9. The normalized spacial score (nSPS) is 14.3. The molecule has 38 heavy (non-hydrogen) atoms. The van der Waals surface area contributed by atoms with E-state index in [0.29, 0.717) is 48.7 Å². The number of anilines is 1.